The zero-order chi connectivity index (χ0) is 21.2. The number of rotatable bonds is 9. The number of guanidine groups is 1. The van der Waals surface area contributed by atoms with Crippen LogP contribution in [0.25, 0.3) is 0 Å². The molecular formula is C21H29ClIN3O4. The highest BCUT2D eigenvalue weighted by Crippen LogP contribution is 2.38. The molecule has 2 aromatic carbocycles. The van der Waals surface area contributed by atoms with E-state index >= 15 is 0 Å². The van der Waals surface area contributed by atoms with Crippen LogP contribution in [0.4, 0.5) is 0 Å². The third-order valence-corrected chi connectivity index (χ3v) is 4.51. The molecule has 0 bridgehead atoms. The topological polar surface area (TPSA) is 64.6 Å². The Bertz CT molecular complexity index is 793. The van der Waals surface area contributed by atoms with Crippen molar-refractivity contribution in [2.24, 2.45) is 4.99 Å². The third-order valence-electron chi connectivity index (χ3n) is 4.26. The summed E-state index contributed by atoms with van der Waals surface area (Å²) in [7, 11) is 8.48. The first kappa shape index (κ1) is 26.0. The quantitative estimate of drug-likeness (QED) is 0.289. The average molecular weight is 550 g/mol. The summed E-state index contributed by atoms with van der Waals surface area (Å²) in [6.07, 6.45) is 0. The lowest BCUT2D eigenvalue weighted by molar-refractivity contribution is 0.281. The molecule has 7 nitrogen and oxygen atoms in total. The molecule has 0 heterocycles. The Kier molecular flexibility index (Phi) is 11.5. The first-order valence-electron chi connectivity index (χ1n) is 9.11. The Labute approximate surface area is 200 Å². The van der Waals surface area contributed by atoms with E-state index in [0.29, 0.717) is 42.0 Å². The molecule has 30 heavy (non-hydrogen) atoms. The highest BCUT2D eigenvalue weighted by molar-refractivity contribution is 14.0. The van der Waals surface area contributed by atoms with Crippen molar-refractivity contribution in [1.82, 2.24) is 10.2 Å². The molecule has 0 saturated heterocycles. The molecule has 2 rings (SSSR count). The van der Waals surface area contributed by atoms with E-state index in [4.69, 9.17) is 30.5 Å². The van der Waals surface area contributed by atoms with E-state index in [-0.39, 0.29) is 24.0 Å². The van der Waals surface area contributed by atoms with Crippen molar-refractivity contribution in [3.8, 4) is 23.0 Å². The van der Waals surface area contributed by atoms with Crippen LogP contribution in [-0.4, -0.2) is 59.4 Å². The van der Waals surface area contributed by atoms with Crippen molar-refractivity contribution >= 4 is 41.5 Å². The molecule has 0 radical (unpaired) electrons. The smallest absolute Gasteiger partial charge is 0.203 e. The summed E-state index contributed by atoms with van der Waals surface area (Å²) in [5.74, 6) is 3.33. The van der Waals surface area contributed by atoms with Gasteiger partial charge in [0.15, 0.2) is 17.5 Å². The molecular weight excluding hydrogens is 521 g/mol. The number of hydrogen-bond acceptors (Lipinski definition) is 5. The molecule has 2 aromatic rings. The van der Waals surface area contributed by atoms with Crippen molar-refractivity contribution < 1.29 is 18.9 Å². The maximum atomic E-state index is 5.89. The number of hydrogen-bond donors (Lipinski definition) is 1. The van der Waals surface area contributed by atoms with Crippen LogP contribution in [0.3, 0.4) is 0 Å². The third kappa shape index (κ3) is 7.32. The van der Waals surface area contributed by atoms with Gasteiger partial charge in [-0.3, -0.25) is 4.99 Å². The van der Waals surface area contributed by atoms with Crippen LogP contribution in [0.1, 0.15) is 5.56 Å². The summed E-state index contributed by atoms with van der Waals surface area (Å²) < 4.78 is 21.9. The van der Waals surface area contributed by atoms with Crippen LogP contribution in [0.5, 0.6) is 23.0 Å². The summed E-state index contributed by atoms with van der Waals surface area (Å²) in [4.78, 5) is 6.32. The fourth-order valence-electron chi connectivity index (χ4n) is 2.74. The Hall–Kier alpha value is -2.07. The average Bonchev–Trinajstić information content (AvgIpc) is 2.74. The molecule has 0 fully saturated rings. The molecule has 0 spiro atoms. The zero-order valence-corrected chi connectivity index (χ0v) is 21.0. The normalized spacial score (nSPS) is 10.7. The fraction of sp³-hybridized carbons (Fsp3) is 0.381. The summed E-state index contributed by atoms with van der Waals surface area (Å²) >= 11 is 5.89. The molecule has 0 aliphatic heterocycles. The Morgan fingerprint density at radius 2 is 1.63 bits per heavy atom. The zero-order valence-electron chi connectivity index (χ0n) is 17.9. The highest BCUT2D eigenvalue weighted by Gasteiger charge is 2.14. The van der Waals surface area contributed by atoms with Crippen molar-refractivity contribution in [1.29, 1.82) is 0 Å². The van der Waals surface area contributed by atoms with Gasteiger partial charge in [0.2, 0.25) is 5.75 Å². The van der Waals surface area contributed by atoms with Gasteiger partial charge in [-0.25, -0.2) is 0 Å². The van der Waals surface area contributed by atoms with Crippen LogP contribution in [-0.2, 0) is 6.54 Å². The van der Waals surface area contributed by atoms with Gasteiger partial charge in [-0.15, -0.1) is 24.0 Å². The van der Waals surface area contributed by atoms with E-state index in [9.17, 15) is 0 Å². The first-order valence-corrected chi connectivity index (χ1v) is 9.49. The van der Waals surface area contributed by atoms with Crippen molar-refractivity contribution in [3.05, 3.63) is 47.0 Å². The highest BCUT2D eigenvalue weighted by atomic mass is 127. The number of benzene rings is 2. The van der Waals surface area contributed by atoms with Gasteiger partial charge in [0.05, 0.1) is 27.9 Å². The summed E-state index contributed by atoms with van der Waals surface area (Å²) in [5.41, 5.74) is 0.978. The van der Waals surface area contributed by atoms with Crippen molar-refractivity contribution in [2.75, 3.05) is 48.6 Å². The Morgan fingerprint density at radius 1 is 1.03 bits per heavy atom. The van der Waals surface area contributed by atoms with E-state index in [1.165, 1.54) is 0 Å². The molecule has 0 saturated carbocycles. The van der Waals surface area contributed by atoms with Crippen LogP contribution >= 0.6 is 35.6 Å². The number of ether oxygens (including phenoxy) is 4. The molecule has 0 amide bonds. The van der Waals surface area contributed by atoms with Gasteiger partial charge in [-0.05, 0) is 42.0 Å². The molecule has 0 unspecified atom stereocenters. The van der Waals surface area contributed by atoms with E-state index in [0.717, 1.165) is 17.3 Å². The van der Waals surface area contributed by atoms with Gasteiger partial charge in [0.1, 0.15) is 12.4 Å². The number of aliphatic imine (C=N–C) groups is 1. The molecule has 166 valence electrons. The van der Waals surface area contributed by atoms with Crippen LogP contribution < -0.4 is 24.3 Å². The molecule has 0 aromatic heterocycles. The lowest BCUT2D eigenvalue weighted by Gasteiger charge is -2.22. The van der Waals surface area contributed by atoms with Gasteiger partial charge in [0, 0.05) is 25.7 Å². The van der Waals surface area contributed by atoms with Crippen molar-refractivity contribution in [3.63, 3.8) is 0 Å². The number of methoxy groups -OCH3 is 3. The molecule has 0 aliphatic rings. The predicted molar refractivity (Wildman–Crippen MR) is 131 cm³/mol. The van der Waals surface area contributed by atoms with Gasteiger partial charge < -0.3 is 29.2 Å². The first-order chi connectivity index (χ1) is 14.0. The number of halogens is 2. The number of likely N-dealkylation sites (N-methyl/N-ethyl adjacent to an activating group) is 1. The lowest BCUT2D eigenvalue weighted by atomic mass is 10.2. The monoisotopic (exact) mass is 549 g/mol. The lowest BCUT2D eigenvalue weighted by Crippen LogP contribution is -2.40. The minimum Gasteiger partial charge on any atom is -0.493 e. The minimum atomic E-state index is 0. The SMILES string of the molecule is CN=C(NCc1cc(OC)c(OC)c(OC)c1)N(C)CCOc1ccc(Cl)cc1.I. The molecule has 9 heteroatoms. The maximum absolute atomic E-state index is 5.89. The predicted octanol–water partition coefficient (Wildman–Crippen LogP) is 4.07. The van der Waals surface area contributed by atoms with Crippen LogP contribution in [0.2, 0.25) is 5.02 Å². The molecule has 0 atom stereocenters. The largest absolute Gasteiger partial charge is 0.493 e. The van der Waals surface area contributed by atoms with Gasteiger partial charge in [-0.1, -0.05) is 11.6 Å². The molecule has 0 aliphatic carbocycles. The summed E-state index contributed by atoms with van der Waals surface area (Å²) in [5, 5.41) is 4.02. The van der Waals surface area contributed by atoms with E-state index in [1.807, 2.05) is 36.2 Å². The van der Waals surface area contributed by atoms with Gasteiger partial charge in [-0.2, -0.15) is 0 Å². The van der Waals surface area contributed by atoms with Crippen LogP contribution in [0, 0.1) is 0 Å². The maximum Gasteiger partial charge on any atom is 0.203 e. The standard InChI is InChI=1S/C21H28ClN3O4.HI/c1-23-21(25(2)10-11-29-17-8-6-16(22)7-9-17)24-14-15-12-18(26-3)20(28-5)19(13-15)27-4;/h6-9,12-13H,10-11,14H2,1-5H3,(H,23,24);1H. The van der Waals surface area contributed by atoms with E-state index in [2.05, 4.69) is 10.3 Å². The van der Waals surface area contributed by atoms with Gasteiger partial charge >= 0.3 is 0 Å². The second kappa shape index (κ2) is 13.3. The number of nitrogens with one attached hydrogen (secondary N) is 1. The Balaban J connectivity index is 0.00000450. The molecule has 1 N–H and O–H groups in total. The fourth-order valence-corrected chi connectivity index (χ4v) is 2.87. The van der Waals surface area contributed by atoms with Crippen LogP contribution in [0.15, 0.2) is 41.4 Å². The number of nitrogens with zero attached hydrogens (tertiary/aromatic N) is 2. The van der Waals surface area contributed by atoms with Crippen molar-refractivity contribution in [2.45, 2.75) is 6.54 Å². The Morgan fingerprint density at radius 3 is 2.13 bits per heavy atom. The second-order valence-corrected chi connectivity index (χ2v) is 6.59. The summed E-state index contributed by atoms with van der Waals surface area (Å²) in [6.45, 7) is 1.73. The minimum absolute atomic E-state index is 0. The van der Waals surface area contributed by atoms with E-state index < -0.39 is 0 Å². The second-order valence-electron chi connectivity index (χ2n) is 6.16. The summed E-state index contributed by atoms with van der Waals surface area (Å²) in [6, 6.07) is 11.1. The van der Waals surface area contributed by atoms with E-state index in [1.54, 1.807) is 40.5 Å². The van der Waals surface area contributed by atoms with Gasteiger partial charge in [0.25, 0.3) is 0 Å².